The largest absolute Gasteiger partial charge is 0.451 e. The Morgan fingerprint density at radius 1 is 1.36 bits per heavy atom. The van der Waals surface area contributed by atoms with Crippen LogP contribution in [0.4, 0.5) is 4.79 Å². The molecule has 0 unspecified atom stereocenters. The second-order valence-electron chi connectivity index (χ2n) is 1.66. The van der Waals surface area contributed by atoms with E-state index in [1.807, 2.05) is 19.1 Å². The summed E-state index contributed by atoms with van der Waals surface area (Å²) < 4.78 is 4.27. The van der Waals surface area contributed by atoms with Gasteiger partial charge in [-0.15, -0.1) is 0 Å². The third-order valence-corrected chi connectivity index (χ3v) is 0.855. The predicted molar refractivity (Wildman–Crippen MR) is 44.9 cm³/mol. The Labute approximate surface area is 66.1 Å². The molecule has 11 heavy (non-hydrogen) atoms. The molecule has 0 aliphatic heterocycles. The molecule has 0 aliphatic rings. The maximum absolute atomic E-state index is 10.4. The van der Waals surface area contributed by atoms with Gasteiger partial charge < -0.3 is 4.74 Å². The molecule has 0 aromatic heterocycles. The van der Waals surface area contributed by atoms with Gasteiger partial charge in [0.25, 0.3) is 0 Å². The SMILES string of the molecule is C/C=C\C=C/C=NC(=O)OC. The highest BCUT2D eigenvalue weighted by atomic mass is 16.5. The summed E-state index contributed by atoms with van der Waals surface area (Å²) in [5, 5.41) is 0. The normalized spacial score (nSPS) is 11.8. The molecule has 0 radical (unpaired) electrons. The molecule has 1 amide bonds. The number of ether oxygens (including phenoxy) is 1. The van der Waals surface area contributed by atoms with Crippen molar-refractivity contribution in [2.45, 2.75) is 6.92 Å². The average Bonchev–Trinajstić information content (AvgIpc) is 2.04. The summed E-state index contributed by atoms with van der Waals surface area (Å²) in [6, 6.07) is 0. The number of carbonyl (C=O) groups is 1. The van der Waals surface area contributed by atoms with Crippen molar-refractivity contribution >= 4 is 12.3 Å². The zero-order chi connectivity index (χ0) is 8.53. The van der Waals surface area contributed by atoms with Crippen LogP contribution in [-0.4, -0.2) is 19.4 Å². The van der Waals surface area contributed by atoms with Crippen molar-refractivity contribution in [2.24, 2.45) is 4.99 Å². The molecule has 0 bridgehead atoms. The summed E-state index contributed by atoms with van der Waals surface area (Å²) >= 11 is 0. The van der Waals surface area contributed by atoms with Crippen LogP contribution in [-0.2, 0) is 4.74 Å². The minimum absolute atomic E-state index is 0.588. The van der Waals surface area contributed by atoms with Gasteiger partial charge in [-0.1, -0.05) is 18.2 Å². The first-order valence-corrected chi connectivity index (χ1v) is 3.21. The van der Waals surface area contributed by atoms with E-state index in [4.69, 9.17) is 0 Å². The van der Waals surface area contributed by atoms with Crippen molar-refractivity contribution < 1.29 is 9.53 Å². The number of methoxy groups -OCH3 is 1. The van der Waals surface area contributed by atoms with Crippen LogP contribution in [0.25, 0.3) is 0 Å². The Balaban J connectivity index is 3.68. The van der Waals surface area contributed by atoms with Crippen LogP contribution in [0.3, 0.4) is 0 Å². The first kappa shape index (κ1) is 9.62. The van der Waals surface area contributed by atoms with Crippen LogP contribution in [0, 0.1) is 0 Å². The maximum atomic E-state index is 10.4. The van der Waals surface area contributed by atoms with Crippen LogP contribution in [0.15, 0.2) is 29.3 Å². The summed E-state index contributed by atoms with van der Waals surface area (Å²) in [5.74, 6) is 0. The van der Waals surface area contributed by atoms with Crippen LogP contribution < -0.4 is 0 Å². The molecule has 0 aliphatic carbocycles. The van der Waals surface area contributed by atoms with Gasteiger partial charge in [0.1, 0.15) is 0 Å². The molecular formula is C8H11NO2. The topological polar surface area (TPSA) is 38.7 Å². The number of hydrogen-bond donors (Lipinski definition) is 0. The predicted octanol–water partition coefficient (Wildman–Crippen LogP) is 1.96. The number of carbonyl (C=O) groups excluding carboxylic acids is 1. The number of amides is 1. The van der Waals surface area contributed by atoms with Gasteiger partial charge in [0.2, 0.25) is 0 Å². The quantitative estimate of drug-likeness (QED) is 0.449. The summed E-state index contributed by atoms with van der Waals surface area (Å²) in [7, 11) is 1.29. The molecule has 0 spiro atoms. The van der Waals surface area contributed by atoms with E-state index in [1.54, 1.807) is 12.2 Å². The summed E-state index contributed by atoms with van der Waals surface area (Å²) in [6.45, 7) is 1.90. The third-order valence-electron chi connectivity index (χ3n) is 0.855. The second kappa shape index (κ2) is 6.74. The van der Waals surface area contributed by atoms with E-state index >= 15 is 0 Å². The second-order valence-corrected chi connectivity index (χ2v) is 1.66. The number of allylic oxidation sites excluding steroid dienone is 4. The molecule has 3 heteroatoms. The van der Waals surface area contributed by atoms with Gasteiger partial charge in [-0.05, 0) is 13.0 Å². The van der Waals surface area contributed by atoms with Gasteiger partial charge in [-0.2, -0.15) is 4.99 Å². The molecule has 0 fully saturated rings. The highest BCUT2D eigenvalue weighted by Crippen LogP contribution is 1.78. The van der Waals surface area contributed by atoms with Crippen molar-refractivity contribution in [2.75, 3.05) is 7.11 Å². The highest BCUT2D eigenvalue weighted by molar-refractivity contribution is 5.84. The van der Waals surface area contributed by atoms with E-state index in [9.17, 15) is 4.79 Å². The van der Waals surface area contributed by atoms with E-state index in [-0.39, 0.29) is 0 Å². The lowest BCUT2D eigenvalue weighted by atomic mass is 10.4. The Hall–Kier alpha value is -1.38. The van der Waals surface area contributed by atoms with Crippen LogP contribution in [0.2, 0.25) is 0 Å². The van der Waals surface area contributed by atoms with Crippen molar-refractivity contribution in [3.63, 3.8) is 0 Å². The fourth-order valence-corrected chi connectivity index (χ4v) is 0.382. The van der Waals surface area contributed by atoms with Gasteiger partial charge in [0.05, 0.1) is 7.11 Å². The van der Waals surface area contributed by atoms with Crippen LogP contribution in [0.5, 0.6) is 0 Å². The minimum atomic E-state index is -0.588. The smallest absolute Gasteiger partial charge is 0.433 e. The van der Waals surface area contributed by atoms with E-state index in [0.29, 0.717) is 0 Å². The standard InChI is InChI=1S/C8H11NO2/c1-3-4-5-6-7-9-8(10)11-2/h3-7H,1-2H3/b4-3-,6-5-,9-7?. The maximum Gasteiger partial charge on any atom is 0.433 e. The monoisotopic (exact) mass is 153 g/mol. The lowest BCUT2D eigenvalue weighted by Gasteiger charge is -1.84. The summed E-state index contributed by atoms with van der Waals surface area (Å²) in [6.07, 6.45) is 7.93. The molecule has 0 N–H and O–H groups in total. The first-order chi connectivity index (χ1) is 5.31. The van der Waals surface area contributed by atoms with Crippen molar-refractivity contribution in [3.05, 3.63) is 24.3 Å². The van der Waals surface area contributed by atoms with Gasteiger partial charge in [0.15, 0.2) is 0 Å². The Kier molecular flexibility index (Phi) is 5.89. The zero-order valence-corrected chi connectivity index (χ0v) is 6.65. The van der Waals surface area contributed by atoms with Gasteiger partial charge in [-0.25, -0.2) is 4.79 Å². The molecule has 0 saturated carbocycles. The molecule has 0 aromatic carbocycles. The molecular weight excluding hydrogens is 142 g/mol. The molecule has 0 heterocycles. The number of rotatable bonds is 2. The van der Waals surface area contributed by atoms with Crippen molar-refractivity contribution in [3.8, 4) is 0 Å². The average molecular weight is 153 g/mol. The van der Waals surface area contributed by atoms with Crippen molar-refractivity contribution in [1.82, 2.24) is 0 Å². The third kappa shape index (κ3) is 6.51. The molecule has 0 rings (SSSR count). The Bertz CT molecular complexity index is 192. The fraction of sp³-hybridized carbons (Fsp3) is 0.250. The first-order valence-electron chi connectivity index (χ1n) is 3.21. The Morgan fingerprint density at radius 3 is 2.64 bits per heavy atom. The molecule has 0 saturated heterocycles. The van der Waals surface area contributed by atoms with Crippen LogP contribution >= 0.6 is 0 Å². The highest BCUT2D eigenvalue weighted by Gasteiger charge is 1.87. The van der Waals surface area contributed by atoms with E-state index in [1.165, 1.54) is 13.3 Å². The van der Waals surface area contributed by atoms with Gasteiger partial charge in [-0.3, -0.25) is 0 Å². The molecule has 3 nitrogen and oxygen atoms in total. The zero-order valence-electron chi connectivity index (χ0n) is 6.65. The fourth-order valence-electron chi connectivity index (χ4n) is 0.382. The van der Waals surface area contributed by atoms with Crippen molar-refractivity contribution in [1.29, 1.82) is 0 Å². The molecule has 0 atom stereocenters. The van der Waals surface area contributed by atoms with E-state index < -0.39 is 6.09 Å². The van der Waals surface area contributed by atoms with Gasteiger partial charge >= 0.3 is 6.09 Å². The summed E-state index contributed by atoms with van der Waals surface area (Å²) in [5.41, 5.74) is 0. The lowest BCUT2D eigenvalue weighted by Crippen LogP contribution is -1.91. The van der Waals surface area contributed by atoms with Gasteiger partial charge in [0, 0.05) is 6.21 Å². The van der Waals surface area contributed by atoms with E-state index in [2.05, 4.69) is 9.73 Å². The Morgan fingerprint density at radius 2 is 2.09 bits per heavy atom. The number of hydrogen-bond acceptors (Lipinski definition) is 2. The molecule has 0 aromatic rings. The summed E-state index contributed by atoms with van der Waals surface area (Å²) in [4.78, 5) is 13.8. The van der Waals surface area contributed by atoms with E-state index in [0.717, 1.165) is 0 Å². The number of nitrogens with zero attached hydrogens (tertiary/aromatic N) is 1. The molecule has 60 valence electrons. The van der Waals surface area contributed by atoms with Crippen LogP contribution in [0.1, 0.15) is 6.92 Å². The number of aliphatic imine (C=N–C) groups is 1. The minimum Gasteiger partial charge on any atom is -0.451 e. The lowest BCUT2D eigenvalue weighted by molar-refractivity contribution is 0.183.